The summed E-state index contributed by atoms with van der Waals surface area (Å²) in [4.78, 5) is 13.4. The van der Waals surface area contributed by atoms with Crippen molar-refractivity contribution in [3.8, 4) is 0 Å². The zero-order chi connectivity index (χ0) is 24.1. The summed E-state index contributed by atoms with van der Waals surface area (Å²) in [6.07, 6.45) is 3.08. The lowest BCUT2D eigenvalue weighted by molar-refractivity contribution is -0.114. The number of carbonyl (C=O) groups excluding carboxylic acids is 1. The van der Waals surface area contributed by atoms with Gasteiger partial charge in [0.15, 0.2) is 0 Å². The van der Waals surface area contributed by atoms with Crippen LogP contribution in [-0.4, -0.2) is 52.5 Å². The summed E-state index contributed by atoms with van der Waals surface area (Å²) in [5.41, 5.74) is -0.0999. The molecular weight excluding hydrogens is 431 g/mol. The summed E-state index contributed by atoms with van der Waals surface area (Å²) in [7, 11) is 1.54. The molecule has 1 aromatic heterocycles. The molecule has 0 amide bonds. The Morgan fingerprint density at radius 1 is 1.42 bits per heavy atom. The Hall–Kier alpha value is -3.63. The molecule has 4 N–H and O–H groups in total. The quantitative estimate of drug-likeness (QED) is 0.258. The first-order valence-electron chi connectivity index (χ1n) is 10.2. The van der Waals surface area contributed by atoms with Crippen LogP contribution in [0.1, 0.15) is 30.0 Å². The third-order valence-corrected chi connectivity index (χ3v) is 5.44. The molecule has 9 nitrogen and oxygen atoms in total. The molecule has 174 valence electrons. The van der Waals surface area contributed by atoms with E-state index in [0.29, 0.717) is 17.0 Å². The number of benzene rings is 1. The third kappa shape index (κ3) is 5.07. The molecule has 3 atom stereocenters. The number of ether oxygens (including phenoxy) is 1. The van der Waals surface area contributed by atoms with Crippen LogP contribution < -0.4 is 5.32 Å². The maximum absolute atomic E-state index is 14.3. The van der Waals surface area contributed by atoms with Gasteiger partial charge in [-0.3, -0.25) is 10.2 Å². The highest BCUT2D eigenvalue weighted by atomic mass is 19.1. The molecule has 0 fully saturated rings. The molecular formula is C23H25FN4O5. The van der Waals surface area contributed by atoms with E-state index in [1.165, 1.54) is 31.4 Å². The van der Waals surface area contributed by atoms with Crippen LogP contribution in [-0.2, 0) is 9.53 Å². The number of aromatic nitrogens is 1. The van der Waals surface area contributed by atoms with Crippen LogP contribution in [0.25, 0.3) is 0 Å². The number of carbonyl (C=O) groups is 1. The zero-order valence-electron chi connectivity index (χ0n) is 18.4. The maximum atomic E-state index is 14.3. The number of allylic oxidation sites excluding steroid dienone is 1. The summed E-state index contributed by atoms with van der Waals surface area (Å²) >= 11 is 0. The average Bonchev–Trinajstić information content (AvgIpc) is 3.25. The molecule has 3 rings (SSSR count). The number of halogens is 1. The summed E-state index contributed by atoms with van der Waals surface area (Å²) in [6, 6.07) is 5.69. The van der Waals surface area contributed by atoms with Gasteiger partial charge in [0.25, 0.3) is 0 Å². The fourth-order valence-electron chi connectivity index (χ4n) is 3.58. The number of ketones is 1. The molecule has 0 aliphatic heterocycles. The molecule has 0 bridgehead atoms. The predicted molar refractivity (Wildman–Crippen MR) is 118 cm³/mol. The molecule has 1 aliphatic carbocycles. The minimum Gasteiger partial charge on any atom is -0.410 e. The lowest BCUT2D eigenvalue weighted by Crippen LogP contribution is -2.38. The van der Waals surface area contributed by atoms with Crippen molar-refractivity contribution in [1.29, 1.82) is 5.41 Å². The Balaban J connectivity index is 1.98. The number of hydrogen-bond donors (Lipinski definition) is 4. The molecule has 1 aliphatic rings. The monoisotopic (exact) mass is 456 g/mol. The van der Waals surface area contributed by atoms with Gasteiger partial charge in [-0.15, -0.1) is 0 Å². The van der Waals surface area contributed by atoms with Gasteiger partial charge in [-0.1, -0.05) is 29.4 Å². The first-order valence-corrected chi connectivity index (χ1v) is 10.2. The van der Waals surface area contributed by atoms with E-state index >= 15 is 0 Å². The fraction of sp³-hybridized carbons (Fsp3) is 0.304. The van der Waals surface area contributed by atoms with Gasteiger partial charge < -0.3 is 24.9 Å². The number of aliphatic hydroxyl groups is 1. The number of nitrogens with zero attached hydrogens (tertiary/aromatic N) is 2. The van der Waals surface area contributed by atoms with E-state index in [1.54, 1.807) is 19.1 Å². The number of aryl methyl sites for hydroxylation is 1. The number of nitrogens with one attached hydrogen (secondary N) is 2. The zero-order valence-corrected chi connectivity index (χ0v) is 18.4. The Kier molecular flexibility index (Phi) is 7.52. The van der Waals surface area contributed by atoms with Gasteiger partial charge in [-0.2, -0.15) is 0 Å². The van der Waals surface area contributed by atoms with Gasteiger partial charge in [0, 0.05) is 30.4 Å². The van der Waals surface area contributed by atoms with Crippen LogP contribution in [0, 0.1) is 24.1 Å². The van der Waals surface area contributed by atoms with E-state index in [9.17, 15) is 19.5 Å². The van der Waals surface area contributed by atoms with Gasteiger partial charge >= 0.3 is 0 Å². The second-order valence-corrected chi connectivity index (χ2v) is 7.60. The second-order valence-electron chi connectivity index (χ2n) is 7.60. The normalized spacial score (nSPS) is 19.5. The standard InChI is InChI=1S/C23H25FN4O5/c1-12-8-18(28-33-12)22(26-15-9-14(11-29)13(2)19(10-15)32-3)23(30)20(25)21(27-31)16-6-4-5-7-17(16)24/h4-10,13,19,22,25-26,29,31H,11H2,1-3H3/b25-20?,27-21-. The van der Waals surface area contributed by atoms with Crippen molar-refractivity contribution in [3.05, 3.63) is 76.6 Å². The van der Waals surface area contributed by atoms with Crippen LogP contribution >= 0.6 is 0 Å². The molecule has 1 heterocycles. The van der Waals surface area contributed by atoms with E-state index < -0.39 is 29.1 Å². The number of hydrogen-bond acceptors (Lipinski definition) is 9. The van der Waals surface area contributed by atoms with Crippen LogP contribution in [0.15, 0.2) is 63.4 Å². The maximum Gasteiger partial charge on any atom is 0.211 e. The summed E-state index contributed by atoms with van der Waals surface area (Å²) in [5.74, 6) is -1.21. The molecule has 0 saturated carbocycles. The number of methoxy groups -OCH3 is 1. The van der Waals surface area contributed by atoms with E-state index in [0.717, 1.165) is 6.07 Å². The summed E-state index contributed by atoms with van der Waals surface area (Å²) in [6.45, 7) is 3.35. The number of rotatable bonds is 9. The predicted octanol–water partition coefficient (Wildman–Crippen LogP) is 2.69. The Morgan fingerprint density at radius 2 is 2.15 bits per heavy atom. The average molecular weight is 456 g/mol. The van der Waals surface area contributed by atoms with E-state index in [-0.39, 0.29) is 29.9 Å². The van der Waals surface area contributed by atoms with Gasteiger partial charge in [0.1, 0.15) is 34.7 Å². The van der Waals surface area contributed by atoms with Crippen molar-refractivity contribution in [1.82, 2.24) is 10.5 Å². The lowest BCUT2D eigenvalue weighted by Gasteiger charge is -2.28. The molecule has 33 heavy (non-hydrogen) atoms. The largest absolute Gasteiger partial charge is 0.410 e. The number of Topliss-reactive ketones (excluding diaryl/α,β-unsaturated/α-hetero) is 1. The Labute approximate surface area is 189 Å². The van der Waals surface area contributed by atoms with Crippen LogP contribution in [0.3, 0.4) is 0 Å². The molecule has 2 aromatic rings. The first kappa shape index (κ1) is 24.0. The van der Waals surface area contributed by atoms with E-state index in [4.69, 9.17) is 14.7 Å². The Bertz CT molecular complexity index is 1140. The fourth-order valence-corrected chi connectivity index (χ4v) is 3.58. The van der Waals surface area contributed by atoms with Crippen LogP contribution in [0.4, 0.5) is 4.39 Å². The van der Waals surface area contributed by atoms with E-state index in [2.05, 4.69) is 15.6 Å². The highest BCUT2D eigenvalue weighted by Gasteiger charge is 2.33. The van der Waals surface area contributed by atoms with Crippen molar-refractivity contribution < 1.29 is 28.8 Å². The highest BCUT2D eigenvalue weighted by Crippen LogP contribution is 2.27. The van der Waals surface area contributed by atoms with Crippen molar-refractivity contribution in [3.63, 3.8) is 0 Å². The molecule has 1 aromatic carbocycles. The first-order chi connectivity index (χ1) is 15.8. The van der Waals surface area contributed by atoms with Gasteiger partial charge in [0.2, 0.25) is 5.78 Å². The van der Waals surface area contributed by atoms with Crippen LogP contribution in [0.2, 0.25) is 0 Å². The second kappa shape index (κ2) is 10.3. The number of oxime groups is 1. The summed E-state index contributed by atoms with van der Waals surface area (Å²) < 4.78 is 24.8. The lowest BCUT2D eigenvalue weighted by atomic mass is 9.89. The van der Waals surface area contributed by atoms with Crippen molar-refractivity contribution in [2.24, 2.45) is 11.1 Å². The van der Waals surface area contributed by atoms with Crippen molar-refractivity contribution in [2.45, 2.75) is 26.0 Å². The molecule has 0 spiro atoms. The minimum absolute atomic E-state index is 0.0820. The topological polar surface area (TPSA) is 141 Å². The Morgan fingerprint density at radius 3 is 2.73 bits per heavy atom. The van der Waals surface area contributed by atoms with Crippen LogP contribution in [0.5, 0.6) is 0 Å². The minimum atomic E-state index is -1.22. The number of aliphatic hydroxyl groups excluding tert-OH is 1. The van der Waals surface area contributed by atoms with E-state index in [1.807, 2.05) is 6.92 Å². The SMILES string of the molecule is COC1C=C(NC(C(=O)C(=N)/C(=N\O)c2ccccc2F)c2cc(C)on2)C=C(CO)C1C. The van der Waals surface area contributed by atoms with Gasteiger partial charge in [-0.25, -0.2) is 4.39 Å². The molecule has 3 unspecified atom stereocenters. The third-order valence-electron chi connectivity index (χ3n) is 5.44. The smallest absolute Gasteiger partial charge is 0.211 e. The molecule has 0 radical (unpaired) electrons. The van der Waals surface area contributed by atoms with Crippen molar-refractivity contribution in [2.75, 3.05) is 13.7 Å². The van der Waals surface area contributed by atoms with Gasteiger partial charge in [0.05, 0.1) is 12.7 Å². The van der Waals surface area contributed by atoms with Gasteiger partial charge in [-0.05, 0) is 36.8 Å². The summed E-state index contributed by atoms with van der Waals surface area (Å²) in [5, 5.41) is 37.5. The molecule has 10 heteroatoms. The molecule has 0 saturated heterocycles. The highest BCUT2D eigenvalue weighted by molar-refractivity contribution is 6.70. The van der Waals surface area contributed by atoms with Crippen molar-refractivity contribution >= 4 is 17.2 Å².